The molecule has 0 radical (unpaired) electrons. The average molecular weight is 384 g/mol. The van der Waals surface area contributed by atoms with Gasteiger partial charge in [-0.1, -0.05) is 11.6 Å². The van der Waals surface area contributed by atoms with Crippen molar-refractivity contribution in [3.05, 3.63) is 28.9 Å². The van der Waals surface area contributed by atoms with Gasteiger partial charge < -0.3 is 14.8 Å². The van der Waals surface area contributed by atoms with E-state index in [1.54, 1.807) is 27.8 Å². The summed E-state index contributed by atoms with van der Waals surface area (Å²) in [5.41, 5.74) is -0.850. The molecular weight excluding hydrogens is 365 g/mol. The maximum atomic E-state index is 14.5. The zero-order valence-electron chi connectivity index (χ0n) is 14.8. The summed E-state index contributed by atoms with van der Waals surface area (Å²) in [5, 5.41) is 11.1. The Labute approximate surface area is 154 Å². The van der Waals surface area contributed by atoms with Gasteiger partial charge in [0.2, 0.25) is 0 Å². The van der Waals surface area contributed by atoms with Gasteiger partial charge in [0.1, 0.15) is 22.5 Å². The van der Waals surface area contributed by atoms with Crippen LogP contribution in [0.3, 0.4) is 0 Å². The molecule has 0 aliphatic carbocycles. The predicted molar refractivity (Wildman–Crippen MR) is 91.1 cm³/mol. The molecule has 0 spiro atoms. The predicted octanol–water partition coefficient (Wildman–Crippen LogP) is 2.42. The zero-order valence-corrected chi connectivity index (χ0v) is 15.6. The number of halogens is 2. The second-order valence-electron chi connectivity index (χ2n) is 7.05. The fourth-order valence-corrected chi connectivity index (χ4v) is 2.74. The van der Waals surface area contributed by atoms with E-state index in [-0.39, 0.29) is 29.6 Å². The number of pyridine rings is 1. The van der Waals surface area contributed by atoms with E-state index in [9.17, 15) is 9.18 Å². The molecule has 0 aromatic carbocycles. The van der Waals surface area contributed by atoms with Crippen LogP contribution >= 0.6 is 11.6 Å². The van der Waals surface area contributed by atoms with Crippen LogP contribution in [0.1, 0.15) is 26.5 Å². The van der Waals surface area contributed by atoms with Crippen LogP contribution in [0.5, 0.6) is 0 Å². The lowest BCUT2D eigenvalue weighted by molar-refractivity contribution is -0.0817. The summed E-state index contributed by atoms with van der Waals surface area (Å²) in [5.74, 6) is -0.705. The summed E-state index contributed by atoms with van der Waals surface area (Å²) < 4.78 is 25.1. The van der Waals surface area contributed by atoms with Crippen LogP contribution in [-0.2, 0) is 22.1 Å². The molecule has 0 unspecified atom stereocenters. The first kappa shape index (κ1) is 18.5. The number of amides is 1. The lowest BCUT2D eigenvalue weighted by Gasteiger charge is -2.41. The number of hydrogen-bond donors (Lipinski definition) is 1. The van der Waals surface area contributed by atoms with Gasteiger partial charge in [-0.05, 0) is 26.8 Å². The topological polar surface area (TPSA) is 91.2 Å². The number of alkyl carbamates (subject to hydrolysis) is 1. The van der Waals surface area contributed by atoms with Gasteiger partial charge in [0.25, 0.3) is 0 Å². The summed E-state index contributed by atoms with van der Waals surface area (Å²) in [7, 11) is 1.61. The minimum Gasteiger partial charge on any atom is -0.444 e. The Balaban J connectivity index is 2.00. The smallest absolute Gasteiger partial charge is 0.408 e. The minimum absolute atomic E-state index is 0.144. The standard InChI is InChI=1S/C16H19ClFN5O3/c1-15(2,3)26-14(24)20-16(7-25-8-16)12-11(21-23(4)22-12)9-5-6-19-13(17)10(9)18/h5-6H,7-8H2,1-4H3,(H,20,24). The van der Waals surface area contributed by atoms with Crippen molar-refractivity contribution >= 4 is 17.7 Å². The second-order valence-corrected chi connectivity index (χ2v) is 7.41. The average Bonchev–Trinajstić information content (AvgIpc) is 2.86. The summed E-state index contributed by atoms with van der Waals surface area (Å²) in [6.45, 7) is 5.62. The number of carbonyl (C=O) groups is 1. The molecule has 2 aromatic rings. The number of aromatic nitrogens is 4. The third kappa shape index (κ3) is 3.49. The molecule has 1 aliphatic rings. The minimum atomic E-state index is -0.964. The van der Waals surface area contributed by atoms with E-state index in [1.807, 2.05) is 0 Å². The van der Waals surface area contributed by atoms with Crippen molar-refractivity contribution in [3.8, 4) is 11.3 Å². The second kappa shape index (κ2) is 6.48. The van der Waals surface area contributed by atoms with Gasteiger partial charge in [0.05, 0.1) is 13.2 Å². The highest BCUT2D eigenvalue weighted by atomic mass is 35.5. The van der Waals surface area contributed by atoms with E-state index < -0.39 is 23.1 Å². The Hall–Kier alpha value is -2.26. The Bertz CT molecular complexity index is 845. The molecule has 1 amide bonds. The molecule has 140 valence electrons. The van der Waals surface area contributed by atoms with E-state index in [2.05, 4.69) is 20.5 Å². The van der Waals surface area contributed by atoms with Crippen molar-refractivity contribution in [3.63, 3.8) is 0 Å². The van der Waals surface area contributed by atoms with Crippen molar-refractivity contribution in [2.24, 2.45) is 7.05 Å². The summed E-state index contributed by atoms with van der Waals surface area (Å²) in [6, 6.07) is 1.45. The normalized spacial score (nSPS) is 16.1. The molecular formula is C16H19ClFN5O3. The molecule has 1 saturated heterocycles. The highest BCUT2D eigenvalue weighted by molar-refractivity contribution is 6.29. The zero-order chi connectivity index (χ0) is 19.1. The SMILES string of the molecule is Cn1nc(-c2ccnc(Cl)c2F)c(C2(NC(=O)OC(C)(C)C)COC2)n1. The first-order valence-electron chi connectivity index (χ1n) is 7.92. The van der Waals surface area contributed by atoms with Crippen LogP contribution in [0.2, 0.25) is 5.15 Å². The van der Waals surface area contributed by atoms with Crippen LogP contribution in [0.25, 0.3) is 11.3 Å². The van der Waals surface area contributed by atoms with Gasteiger partial charge in [-0.2, -0.15) is 15.0 Å². The lowest BCUT2D eigenvalue weighted by Crippen LogP contribution is -2.60. The van der Waals surface area contributed by atoms with Gasteiger partial charge in [-0.25, -0.2) is 14.2 Å². The Kier molecular flexibility index (Phi) is 4.61. The Morgan fingerprint density at radius 1 is 1.42 bits per heavy atom. The number of rotatable bonds is 3. The van der Waals surface area contributed by atoms with Crippen LogP contribution in [-0.4, -0.2) is 44.9 Å². The van der Waals surface area contributed by atoms with E-state index in [1.165, 1.54) is 17.1 Å². The molecule has 3 heterocycles. The van der Waals surface area contributed by atoms with Gasteiger partial charge in [0.15, 0.2) is 11.0 Å². The van der Waals surface area contributed by atoms with Crippen molar-refractivity contribution in [2.75, 3.05) is 13.2 Å². The number of hydrogen-bond acceptors (Lipinski definition) is 6. The molecule has 0 bridgehead atoms. The maximum Gasteiger partial charge on any atom is 0.408 e. The Morgan fingerprint density at radius 3 is 2.69 bits per heavy atom. The Morgan fingerprint density at radius 2 is 2.12 bits per heavy atom. The van der Waals surface area contributed by atoms with E-state index in [0.717, 1.165) is 0 Å². The number of carbonyl (C=O) groups excluding carboxylic acids is 1. The monoisotopic (exact) mass is 383 g/mol. The van der Waals surface area contributed by atoms with Crippen LogP contribution < -0.4 is 5.32 Å². The molecule has 3 rings (SSSR count). The summed E-state index contributed by atoms with van der Waals surface area (Å²) in [4.78, 5) is 17.3. The molecule has 26 heavy (non-hydrogen) atoms. The molecule has 2 aromatic heterocycles. The van der Waals surface area contributed by atoms with Crippen molar-refractivity contribution in [1.82, 2.24) is 25.3 Å². The molecule has 0 saturated carbocycles. The quantitative estimate of drug-likeness (QED) is 0.818. The molecule has 1 aliphatic heterocycles. The van der Waals surface area contributed by atoms with Crippen molar-refractivity contribution < 1.29 is 18.7 Å². The highest BCUT2D eigenvalue weighted by Crippen LogP contribution is 2.36. The number of nitrogens with zero attached hydrogens (tertiary/aromatic N) is 4. The summed E-state index contributed by atoms with van der Waals surface area (Å²) >= 11 is 5.79. The van der Waals surface area contributed by atoms with E-state index in [4.69, 9.17) is 21.1 Å². The van der Waals surface area contributed by atoms with E-state index >= 15 is 0 Å². The largest absolute Gasteiger partial charge is 0.444 e. The van der Waals surface area contributed by atoms with Crippen molar-refractivity contribution in [2.45, 2.75) is 31.9 Å². The first-order chi connectivity index (χ1) is 12.1. The summed E-state index contributed by atoms with van der Waals surface area (Å²) in [6.07, 6.45) is 0.760. The number of aryl methyl sites for hydroxylation is 1. The van der Waals surface area contributed by atoms with Gasteiger partial charge in [0, 0.05) is 18.8 Å². The number of ether oxygens (including phenoxy) is 2. The first-order valence-corrected chi connectivity index (χ1v) is 8.30. The third-order valence-corrected chi connectivity index (χ3v) is 3.97. The highest BCUT2D eigenvalue weighted by Gasteiger charge is 2.47. The van der Waals surface area contributed by atoms with Gasteiger partial charge >= 0.3 is 6.09 Å². The lowest BCUT2D eigenvalue weighted by atomic mass is 9.90. The van der Waals surface area contributed by atoms with Gasteiger partial charge in [-0.15, -0.1) is 0 Å². The fraction of sp³-hybridized carbons (Fsp3) is 0.500. The van der Waals surface area contributed by atoms with Crippen LogP contribution in [0.15, 0.2) is 12.3 Å². The molecule has 1 N–H and O–H groups in total. The van der Waals surface area contributed by atoms with Crippen LogP contribution in [0, 0.1) is 5.82 Å². The van der Waals surface area contributed by atoms with Crippen molar-refractivity contribution in [1.29, 1.82) is 0 Å². The fourth-order valence-electron chi connectivity index (χ4n) is 2.58. The molecule has 8 nitrogen and oxygen atoms in total. The molecule has 1 fully saturated rings. The van der Waals surface area contributed by atoms with Crippen LogP contribution in [0.4, 0.5) is 9.18 Å². The molecule has 10 heteroatoms. The van der Waals surface area contributed by atoms with E-state index in [0.29, 0.717) is 5.69 Å². The molecule has 0 atom stereocenters. The maximum absolute atomic E-state index is 14.5. The number of nitrogens with one attached hydrogen (secondary N) is 1. The van der Waals surface area contributed by atoms with Gasteiger partial charge in [-0.3, -0.25) is 0 Å². The third-order valence-electron chi connectivity index (χ3n) is 3.71.